The molecule has 5 heteroatoms. The Labute approximate surface area is 144 Å². The van der Waals surface area contributed by atoms with E-state index in [2.05, 4.69) is 67.7 Å². The number of hydrogen-bond acceptors (Lipinski definition) is 4. The minimum absolute atomic E-state index is 0.731. The average molecular weight is 369 g/mol. The first-order chi connectivity index (χ1) is 11.2. The van der Waals surface area contributed by atoms with Crippen LogP contribution in [-0.4, -0.2) is 9.97 Å². The second-order valence-corrected chi connectivity index (χ2v) is 6.18. The van der Waals surface area contributed by atoms with E-state index in [4.69, 9.17) is 0 Å². The van der Waals surface area contributed by atoms with E-state index >= 15 is 0 Å². The molecule has 3 rings (SSSR count). The smallest absolute Gasteiger partial charge is 0.135 e. The molecule has 0 bridgehead atoms. The zero-order valence-corrected chi connectivity index (χ0v) is 14.3. The fourth-order valence-corrected chi connectivity index (χ4v) is 2.37. The Kier molecular flexibility index (Phi) is 4.88. The summed E-state index contributed by atoms with van der Waals surface area (Å²) >= 11 is 3.43. The number of rotatable bonds is 5. The summed E-state index contributed by atoms with van der Waals surface area (Å²) < 4.78 is 1.05. The lowest BCUT2D eigenvalue weighted by Crippen LogP contribution is -2.03. The third kappa shape index (κ3) is 4.53. The summed E-state index contributed by atoms with van der Waals surface area (Å²) in [6.07, 6.45) is 1.55. The maximum Gasteiger partial charge on any atom is 0.135 e. The largest absolute Gasteiger partial charge is 0.366 e. The molecule has 0 aliphatic rings. The molecular formula is C18H17BrN4. The van der Waals surface area contributed by atoms with E-state index < -0.39 is 0 Å². The van der Waals surface area contributed by atoms with Crippen molar-refractivity contribution >= 4 is 33.3 Å². The van der Waals surface area contributed by atoms with Crippen molar-refractivity contribution in [2.45, 2.75) is 13.5 Å². The summed E-state index contributed by atoms with van der Waals surface area (Å²) in [4.78, 5) is 8.51. The van der Waals surface area contributed by atoms with Gasteiger partial charge in [-0.05, 0) is 36.8 Å². The molecule has 0 radical (unpaired) electrons. The van der Waals surface area contributed by atoms with Crippen molar-refractivity contribution in [3.8, 4) is 0 Å². The highest BCUT2D eigenvalue weighted by Gasteiger charge is 2.00. The van der Waals surface area contributed by atoms with Gasteiger partial charge in [0.1, 0.15) is 18.0 Å². The number of anilines is 3. The molecule has 0 amide bonds. The standard InChI is InChI=1S/C18H17BrN4/c1-13-2-4-14(5-3-13)11-20-17-10-18(22-12-21-17)23-16-8-6-15(19)7-9-16/h2-10,12H,11H2,1H3,(H2,20,21,22,23). The maximum atomic E-state index is 4.26. The van der Waals surface area contributed by atoms with Gasteiger partial charge in [0, 0.05) is 22.8 Å². The average Bonchev–Trinajstić information content (AvgIpc) is 2.57. The van der Waals surface area contributed by atoms with Crippen LogP contribution in [0, 0.1) is 6.92 Å². The van der Waals surface area contributed by atoms with E-state index in [9.17, 15) is 0 Å². The molecule has 2 aromatic carbocycles. The Morgan fingerprint density at radius 2 is 1.61 bits per heavy atom. The molecule has 0 saturated heterocycles. The highest BCUT2D eigenvalue weighted by Crippen LogP contribution is 2.19. The molecule has 4 nitrogen and oxygen atoms in total. The van der Waals surface area contributed by atoms with E-state index in [-0.39, 0.29) is 0 Å². The van der Waals surface area contributed by atoms with E-state index in [0.29, 0.717) is 0 Å². The number of benzene rings is 2. The zero-order valence-electron chi connectivity index (χ0n) is 12.8. The Morgan fingerprint density at radius 1 is 0.913 bits per heavy atom. The second kappa shape index (κ2) is 7.24. The summed E-state index contributed by atoms with van der Waals surface area (Å²) in [5.74, 6) is 1.55. The quantitative estimate of drug-likeness (QED) is 0.672. The Balaban J connectivity index is 1.65. The number of nitrogens with zero attached hydrogens (tertiary/aromatic N) is 2. The zero-order chi connectivity index (χ0) is 16.1. The van der Waals surface area contributed by atoms with Crippen molar-refractivity contribution in [2.24, 2.45) is 0 Å². The summed E-state index contributed by atoms with van der Waals surface area (Å²) in [5, 5.41) is 6.58. The monoisotopic (exact) mass is 368 g/mol. The number of aromatic nitrogens is 2. The Hall–Kier alpha value is -2.40. The van der Waals surface area contributed by atoms with Gasteiger partial charge in [-0.25, -0.2) is 9.97 Å². The molecule has 0 saturated carbocycles. The van der Waals surface area contributed by atoms with Crippen LogP contribution in [0.2, 0.25) is 0 Å². The van der Waals surface area contributed by atoms with Gasteiger partial charge in [-0.1, -0.05) is 45.8 Å². The van der Waals surface area contributed by atoms with Crippen molar-refractivity contribution in [1.29, 1.82) is 0 Å². The predicted molar refractivity (Wildman–Crippen MR) is 98.0 cm³/mol. The molecule has 0 atom stereocenters. The molecule has 2 N–H and O–H groups in total. The van der Waals surface area contributed by atoms with Crippen LogP contribution in [0.5, 0.6) is 0 Å². The lowest BCUT2D eigenvalue weighted by atomic mass is 10.1. The van der Waals surface area contributed by atoms with Gasteiger partial charge in [0.15, 0.2) is 0 Å². The van der Waals surface area contributed by atoms with E-state index in [1.54, 1.807) is 6.33 Å². The normalized spacial score (nSPS) is 10.3. The Bertz CT molecular complexity index is 770. The van der Waals surface area contributed by atoms with Gasteiger partial charge in [-0.15, -0.1) is 0 Å². The molecule has 0 fully saturated rings. The lowest BCUT2D eigenvalue weighted by Gasteiger charge is -2.09. The van der Waals surface area contributed by atoms with Gasteiger partial charge in [0.25, 0.3) is 0 Å². The topological polar surface area (TPSA) is 49.8 Å². The highest BCUT2D eigenvalue weighted by molar-refractivity contribution is 9.10. The van der Waals surface area contributed by atoms with Crippen LogP contribution in [0.15, 0.2) is 65.4 Å². The molecule has 1 heterocycles. The summed E-state index contributed by atoms with van der Waals surface area (Å²) in [7, 11) is 0. The molecule has 0 unspecified atom stereocenters. The Morgan fingerprint density at radius 3 is 2.35 bits per heavy atom. The van der Waals surface area contributed by atoms with Crippen molar-refractivity contribution in [3.05, 3.63) is 76.5 Å². The van der Waals surface area contributed by atoms with Gasteiger partial charge in [-0.3, -0.25) is 0 Å². The van der Waals surface area contributed by atoms with Crippen LogP contribution in [0.1, 0.15) is 11.1 Å². The van der Waals surface area contributed by atoms with Crippen LogP contribution in [-0.2, 0) is 6.54 Å². The third-order valence-corrected chi connectivity index (χ3v) is 3.91. The van der Waals surface area contributed by atoms with Crippen LogP contribution < -0.4 is 10.6 Å². The minimum atomic E-state index is 0.731. The fraction of sp³-hybridized carbons (Fsp3) is 0.111. The van der Waals surface area contributed by atoms with Crippen LogP contribution in [0.3, 0.4) is 0 Å². The molecule has 23 heavy (non-hydrogen) atoms. The predicted octanol–water partition coefficient (Wildman–Crippen LogP) is 4.90. The van der Waals surface area contributed by atoms with Gasteiger partial charge in [0.05, 0.1) is 0 Å². The number of aryl methyl sites for hydroxylation is 1. The fourth-order valence-electron chi connectivity index (χ4n) is 2.10. The first-order valence-corrected chi connectivity index (χ1v) is 8.12. The second-order valence-electron chi connectivity index (χ2n) is 5.26. The van der Waals surface area contributed by atoms with Crippen LogP contribution in [0.4, 0.5) is 17.3 Å². The first-order valence-electron chi connectivity index (χ1n) is 7.33. The van der Waals surface area contributed by atoms with Gasteiger partial charge < -0.3 is 10.6 Å². The molecule has 0 aliphatic carbocycles. The number of nitrogens with one attached hydrogen (secondary N) is 2. The van der Waals surface area contributed by atoms with Crippen molar-refractivity contribution in [3.63, 3.8) is 0 Å². The van der Waals surface area contributed by atoms with E-state index in [1.807, 2.05) is 30.3 Å². The van der Waals surface area contributed by atoms with Gasteiger partial charge >= 0.3 is 0 Å². The third-order valence-electron chi connectivity index (χ3n) is 3.38. The molecule has 0 aliphatic heterocycles. The van der Waals surface area contributed by atoms with Gasteiger partial charge in [0.2, 0.25) is 0 Å². The number of halogens is 1. The summed E-state index contributed by atoms with van der Waals surface area (Å²) in [6, 6.07) is 18.3. The van der Waals surface area contributed by atoms with Gasteiger partial charge in [-0.2, -0.15) is 0 Å². The van der Waals surface area contributed by atoms with E-state index in [0.717, 1.165) is 28.3 Å². The SMILES string of the molecule is Cc1ccc(CNc2cc(Nc3ccc(Br)cc3)ncn2)cc1. The maximum absolute atomic E-state index is 4.26. The molecule has 116 valence electrons. The van der Waals surface area contributed by atoms with Crippen LogP contribution in [0.25, 0.3) is 0 Å². The van der Waals surface area contributed by atoms with Crippen molar-refractivity contribution in [1.82, 2.24) is 9.97 Å². The molecular weight excluding hydrogens is 352 g/mol. The summed E-state index contributed by atoms with van der Waals surface area (Å²) in [5.41, 5.74) is 3.46. The molecule has 3 aromatic rings. The minimum Gasteiger partial charge on any atom is -0.366 e. The van der Waals surface area contributed by atoms with Crippen LogP contribution >= 0.6 is 15.9 Å². The van der Waals surface area contributed by atoms with Crippen molar-refractivity contribution in [2.75, 3.05) is 10.6 Å². The number of hydrogen-bond donors (Lipinski definition) is 2. The lowest BCUT2D eigenvalue weighted by molar-refractivity contribution is 1.08. The van der Waals surface area contributed by atoms with Crippen molar-refractivity contribution < 1.29 is 0 Å². The molecule has 1 aromatic heterocycles. The molecule has 0 spiro atoms. The highest BCUT2D eigenvalue weighted by atomic mass is 79.9. The van der Waals surface area contributed by atoms with E-state index in [1.165, 1.54) is 11.1 Å². The first kappa shape index (κ1) is 15.5. The summed E-state index contributed by atoms with van der Waals surface area (Å²) in [6.45, 7) is 2.82.